The van der Waals surface area contributed by atoms with Gasteiger partial charge in [-0.3, -0.25) is 9.97 Å². The summed E-state index contributed by atoms with van der Waals surface area (Å²) >= 11 is 0. The van der Waals surface area contributed by atoms with E-state index >= 15 is 0 Å². The molecule has 0 amide bonds. The van der Waals surface area contributed by atoms with Gasteiger partial charge in [0.25, 0.3) is 0 Å². The average Bonchev–Trinajstić information content (AvgIpc) is 2.26. The van der Waals surface area contributed by atoms with Crippen LogP contribution in [0.25, 0.3) is 0 Å². The van der Waals surface area contributed by atoms with Gasteiger partial charge in [0.15, 0.2) is 0 Å². The van der Waals surface area contributed by atoms with Gasteiger partial charge in [0.1, 0.15) is 0 Å². The van der Waals surface area contributed by atoms with E-state index in [4.69, 9.17) is 0 Å². The normalized spacial score (nSPS) is 14.9. The van der Waals surface area contributed by atoms with Crippen LogP contribution < -0.4 is 5.32 Å². The van der Waals surface area contributed by atoms with Crippen LogP contribution in [0.15, 0.2) is 12.4 Å². The molecule has 0 fully saturated rings. The molecule has 15 heavy (non-hydrogen) atoms. The SMILES string of the molecule is CCC(C)CNC(C)c1nccnc1C. The summed E-state index contributed by atoms with van der Waals surface area (Å²) in [6, 6.07) is 0.285. The van der Waals surface area contributed by atoms with Crippen LogP contribution in [0.5, 0.6) is 0 Å². The summed E-state index contributed by atoms with van der Waals surface area (Å²) in [4.78, 5) is 8.60. The molecule has 0 saturated carbocycles. The second-order valence-corrected chi connectivity index (χ2v) is 4.17. The van der Waals surface area contributed by atoms with Gasteiger partial charge in [-0.25, -0.2) is 0 Å². The van der Waals surface area contributed by atoms with Crippen LogP contribution in [0.4, 0.5) is 0 Å². The van der Waals surface area contributed by atoms with E-state index in [1.807, 2.05) is 6.92 Å². The van der Waals surface area contributed by atoms with E-state index in [-0.39, 0.29) is 6.04 Å². The van der Waals surface area contributed by atoms with Crippen LogP contribution in [-0.2, 0) is 0 Å². The molecule has 1 rings (SSSR count). The largest absolute Gasteiger partial charge is 0.309 e. The number of hydrogen-bond acceptors (Lipinski definition) is 3. The van der Waals surface area contributed by atoms with Crippen LogP contribution in [0.2, 0.25) is 0 Å². The molecule has 3 heteroatoms. The topological polar surface area (TPSA) is 37.8 Å². The summed E-state index contributed by atoms with van der Waals surface area (Å²) in [5, 5.41) is 3.49. The number of rotatable bonds is 5. The molecule has 84 valence electrons. The maximum absolute atomic E-state index is 4.36. The third-order valence-electron chi connectivity index (χ3n) is 2.80. The van der Waals surface area contributed by atoms with E-state index in [2.05, 4.69) is 36.1 Å². The summed E-state index contributed by atoms with van der Waals surface area (Å²) < 4.78 is 0. The number of aryl methyl sites for hydroxylation is 1. The molecule has 0 spiro atoms. The molecule has 0 bridgehead atoms. The Bertz CT molecular complexity index is 299. The fourth-order valence-electron chi connectivity index (χ4n) is 1.46. The van der Waals surface area contributed by atoms with Gasteiger partial charge in [0.05, 0.1) is 11.4 Å². The summed E-state index contributed by atoms with van der Waals surface area (Å²) in [7, 11) is 0. The molecule has 1 heterocycles. The standard InChI is InChI=1S/C12H21N3/c1-5-9(2)8-15-11(4)12-10(3)13-6-7-14-12/h6-7,9,11,15H,5,8H2,1-4H3. The Hall–Kier alpha value is -0.960. The molecule has 1 aromatic heterocycles. The summed E-state index contributed by atoms with van der Waals surface area (Å²) in [5.74, 6) is 0.712. The van der Waals surface area contributed by atoms with E-state index in [0.717, 1.165) is 17.9 Å². The fourth-order valence-corrected chi connectivity index (χ4v) is 1.46. The van der Waals surface area contributed by atoms with Crippen molar-refractivity contribution in [3.05, 3.63) is 23.8 Å². The summed E-state index contributed by atoms with van der Waals surface area (Å²) in [5.41, 5.74) is 2.07. The van der Waals surface area contributed by atoms with Gasteiger partial charge in [-0.15, -0.1) is 0 Å². The van der Waals surface area contributed by atoms with Crippen molar-refractivity contribution in [1.82, 2.24) is 15.3 Å². The first-order valence-corrected chi connectivity index (χ1v) is 5.66. The molecule has 2 unspecified atom stereocenters. The lowest BCUT2D eigenvalue weighted by Gasteiger charge is -2.17. The maximum atomic E-state index is 4.36. The predicted octanol–water partition coefficient (Wildman–Crippen LogP) is 2.48. The van der Waals surface area contributed by atoms with Crippen LogP contribution in [0, 0.1) is 12.8 Å². The van der Waals surface area contributed by atoms with Gasteiger partial charge in [-0.1, -0.05) is 20.3 Å². The highest BCUT2D eigenvalue weighted by Crippen LogP contribution is 2.12. The van der Waals surface area contributed by atoms with Crippen molar-refractivity contribution in [3.63, 3.8) is 0 Å². The molecule has 0 saturated heterocycles. The van der Waals surface area contributed by atoms with Gasteiger partial charge in [0.2, 0.25) is 0 Å². The first-order chi connectivity index (χ1) is 7.15. The van der Waals surface area contributed by atoms with Gasteiger partial charge in [-0.2, -0.15) is 0 Å². The lowest BCUT2D eigenvalue weighted by Crippen LogP contribution is -2.25. The predicted molar refractivity (Wildman–Crippen MR) is 62.6 cm³/mol. The Labute approximate surface area is 92.3 Å². The lowest BCUT2D eigenvalue weighted by atomic mass is 10.1. The molecule has 1 aromatic rings. The van der Waals surface area contributed by atoms with Gasteiger partial charge in [-0.05, 0) is 26.3 Å². The Morgan fingerprint density at radius 1 is 1.27 bits per heavy atom. The first-order valence-electron chi connectivity index (χ1n) is 5.66. The Kier molecular flexibility index (Phi) is 4.69. The van der Waals surface area contributed by atoms with E-state index in [1.165, 1.54) is 6.42 Å². The summed E-state index contributed by atoms with van der Waals surface area (Å²) in [6.07, 6.45) is 4.70. The highest BCUT2D eigenvalue weighted by Gasteiger charge is 2.10. The third-order valence-corrected chi connectivity index (χ3v) is 2.80. The summed E-state index contributed by atoms with van der Waals surface area (Å²) in [6.45, 7) is 9.64. The minimum absolute atomic E-state index is 0.285. The van der Waals surface area contributed by atoms with E-state index < -0.39 is 0 Å². The van der Waals surface area contributed by atoms with Gasteiger partial charge in [0, 0.05) is 18.4 Å². The van der Waals surface area contributed by atoms with Crippen LogP contribution >= 0.6 is 0 Å². The van der Waals surface area contributed by atoms with Crippen molar-refractivity contribution >= 4 is 0 Å². The van der Waals surface area contributed by atoms with Crippen LogP contribution in [0.1, 0.15) is 44.6 Å². The molecule has 0 radical (unpaired) electrons. The molecular weight excluding hydrogens is 186 g/mol. The molecule has 3 nitrogen and oxygen atoms in total. The molecule has 1 N–H and O–H groups in total. The zero-order chi connectivity index (χ0) is 11.3. The lowest BCUT2D eigenvalue weighted by molar-refractivity contribution is 0.454. The van der Waals surface area contributed by atoms with Crippen molar-refractivity contribution in [3.8, 4) is 0 Å². The van der Waals surface area contributed by atoms with E-state index in [0.29, 0.717) is 5.92 Å². The van der Waals surface area contributed by atoms with E-state index in [9.17, 15) is 0 Å². The van der Waals surface area contributed by atoms with E-state index in [1.54, 1.807) is 12.4 Å². The molecule has 2 atom stereocenters. The van der Waals surface area contributed by atoms with Crippen molar-refractivity contribution in [2.75, 3.05) is 6.54 Å². The zero-order valence-electron chi connectivity index (χ0n) is 10.1. The quantitative estimate of drug-likeness (QED) is 0.806. The first kappa shape index (κ1) is 12.1. The molecular formula is C12H21N3. The Morgan fingerprint density at radius 3 is 2.53 bits per heavy atom. The monoisotopic (exact) mass is 207 g/mol. The average molecular weight is 207 g/mol. The van der Waals surface area contributed by atoms with Crippen molar-refractivity contribution in [2.45, 2.75) is 40.2 Å². The zero-order valence-corrected chi connectivity index (χ0v) is 10.1. The minimum atomic E-state index is 0.285. The molecule has 0 aliphatic carbocycles. The number of nitrogens with one attached hydrogen (secondary N) is 1. The molecule has 0 aliphatic heterocycles. The van der Waals surface area contributed by atoms with Gasteiger partial charge >= 0.3 is 0 Å². The van der Waals surface area contributed by atoms with Crippen LogP contribution in [-0.4, -0.2) is 16.5 Å². The number of nitrogens with zero attached hydrogens (tertiary/aromatic N) is 2. The highest BCUT2D eigenvalue weighted by molar-refractivity contribution is 5.12. The second-order valence-electron chi connectivity index (χ2n) is 4.17. The van der Waals surface area contributed by atoms with Gasteiger partial charge < -0.3 is 5.32 Å². The number of aromatic nitrogens is 2. The Balaban J connectivity index is 2.54. The maximum Gasteiger partial charge on any atom is 0.0782 e. The van der Waals surface area contributed by atoms with Crippen molar-refractivity contribution < 1.29 is 0 Å². The van der Waals surface area contributed by atoms with Crippen LogP contribution in [0.3, 0.4) is 0 Å². The minimum Gasteiger partial charge on any atom is -0.309 e. The van der Waals surface area contributed by atoms with Crippen molar-refractivity contribution in [2.24, 2.45) is 5.92 Å². The Morgan fingerprint density at radius 2 is 1.93 bits per heavy atom. The third kappa shape index (κ3) is 3.59. The fraction of sp³-hybridized carbons (Fsp3) is 0.667. The smallest absolute Gasteiger partial charge is 0.0782 e. The molecule has 0 aliphatic rings. The molecule has 0 aromatic carbocycles. The number of hydrogen-bond donors (Lipinski definition) is 1. The second kappa shape index (κ2) is 5.81. The van der Waals surface area contributed by atoms with Crippen molar-refractivity contribution in [1.29, 1.82) is 0 Å². The highest BCUT2D eigenvalue weighted by atomic mass is 14.9.